The third kappa shape index (κ3) is 3.48. The van der Waals surface area contributed by atoms with Crippen molar-refractivity contribution in [3.05, 3.63) is 0 Å². The lowest BCUT2D eigenvalue weighted by atomic mass is 10.1. The second-order valence-corrected chi connectivity index (χ2v) is 5.25. The van der Waals surface area contributed by atoms with Crippen molar-refractivity contribution in [2.75, 3.05) is 6.54 Å². The number of hydrogen-bond donors (Lipinski definition) is 1. The summed E-state index contributed by atoms with van der Waals surface area (Å²) in [6.45, 7) is 9.58. The van der Waals surface area contributed by atoms with Crippen LogP contribution in [0.4, 0.5) is 0 Å². The first-order valence-corrected chi connectivity index (χ1v) is 6.62. The fourth-order valence-corrected chi connectivity index (χ4v) is 2.31. The molecule has 2 atom stereocenters. The second-order valence-electron chi connectivity index (χ2n) is 5.25. The van der Waals surface area contributed by atoms with E-state index in [0.29, 0.717) is 5.91 Å². The van der Waals surface area contributed by atoms with E-state index in [2.05, 4.69) is 33.0 Å². The van der Waals surface area contributed by atoms with E-state index in [0.717, 1.165) is 31.7 Å². The molecule has 16 heavy (non-hydrogen) atoms. The van der Waals surface area contributed by atoms with Crippen molar-refractivity contribution in [1.82, 2.24) is 10.2 Å². The Labute approximate surface area is 99.6 Å². The normalized spacial score (nSPS) is 25.8. The van der Waals surface area contributed by atoms with Gasteiger partial charge >= 0.3 is 0 Å². The standard InChI is InChI=1S/C13H26N2O/c1-5-7-12-13(16)15(11(4)14-12)9-6-8-10(2)3/h10-12,14H,5-9H2,1-4H3. The van der Waals surface area contributed by atoms with Crippen LogP contribution < -0.4 is 5.32 Å². The lowest BCUT2D eigenvalue weighted by Crippen LogP contribution is -2.35. The summed E-state index contributed by atoms with van der Waals surface area (Å²) >= 11 is 0. The molecule has 3 nitrogen and oxygen atoms in total. The van der Waals surface area contributed by atoms with Gasteiger partial charge in [0.1, 0.15) is 0 Å². The molecule has 1 aliphatic heterocycles. The van der Waals surface area contributed by atoms with Crippen LogP contribution in [0.5, 0.6) is 0 Å². The Morgan fingerprint density at radius 1 is 1.44 bits per heavy atom. The first kappa shape index (κ1) is 13.5. The number of amides is 1. The zero-order valence-corrected chi connectivity index (χ0v) is 11.1. The smallest absolute Gasteiger partial charge is 0.241 e. The zero-order valence-electron chi connectivity index (χ0n) is 11.1. The van der Waals surface area contributed by atoms with Crippen molar-refractivity contribution < 1.29 is 4.79 Å². The quantitative estimate of drug-likeness (QED) is 0.754. The summed E-state index contributed by atoms with van der Waals surface area (Å²) < 4.78 is 0. The van der Waals surface area contributed by atoms with Gasteiger partial charge in [-0.05, 0) is 32.1 Å². The van der Waals surface area contributed by atoms with E-state index in [4.69, 9.17) is 0 Å². The molecule has 1 rings (SSSR count). The van der Waals surface area contributed by atoms with Crippen LogP contribution in [-0.2, 0) is 4.79 Å². The van der Waals surface area contributed by atoms with Gasteiger partial charge in [-0.1, -0.05) is 27.2 Å². The van der Waals surface area contributed by atoms with Crippen LogP contribution in [0.15, 0.2) is 0 Å². The number of hydrogen-bond acceptors (Lipinski definition) is 2. The van der Waals surface area contributed by atoms with E-state index < -0.39 is 0 Å². The Balaban J connectivity index is 2.38. The van der Waals surface area contributed by atoms with Crippen molar-refractivity contribution in [3.63, 3.8) is 0 Å². The van der Waals surface area contributed by atoms with Gasteiger partial charge in [-0.2, -0.15) is 0 Å². The van der Waals surface area contributed by atoms with Gasteiger partial charge in [0.25, 0.3) is 0 Å². The average Bonchev–Trinajstić information content (AvgIpc) is 2.45. The molecular formula is C13H26N2O. The minimum absolute atomic E-state index is 0.0686. The van der Waals surface area contributed by atoms with Crippen LogP contribution in [-0.4, -0.2) is 29.6 Å². The highest BCUT2D eigenvalue weighted by molar-refractivity contribution is 5.84. The predicted molar refractivity (Wildman–Crippen MR) is 67.1 cm³/mol. The van der Waals surface area contributed by atoms with E-state index in [1.54, 1.807) is 0 Å². The summed E-state index contributed by atoms with van der Waals surface area (Å²) in [5, 5.41) is 3.37. The molecular weight excluding hydrogens is 200 g/mol. The van der Waals surface area contributed by atoms with Crippen LogP contribution in [0, 0.1) is 5.92 Å². The van der Waals surface area contributed by atoms with Crippen LogP contribution in [0.1, 0.15) is 53.4 Å². The number of nitrogens with one attached hydrogen (secondary N) is 1. The highest BCUT2D eigenvalue weighted by Crippen LogP contribution is 2.16. The first-order valence-electron chi connectivity index (χ1n) is 6.62. The van der Waals surface area contributed by atoms with Crippen molar-refractivity contribution >= 4 is 5.91 Å². The Morgan fingerprint density at radius 2 is 2.12 bits per heavy atom. The van der Waals surface area contributed by atoms with Crippen LogP contribution in [0.2, 0.25) is 0 Å². The molecule has 0 saturated carbocycles. The van der Waals surface area contributed by atoms with E-state index in [-0.39, 0.29) is 12.2 Å². The molecule has 1 heterocycles. The number of rotatable bonds is 6. The molecule has 0 aromatic heterocycles. The maximum atomic E-state index is 12.0. The molecule has 0 aliphatic carbocycles. The van der Waals surface area contributed by atoms with Crippen molar-refractivity contribution in [3.8, 4) is 0 Å². The molecule has 0 spiro atoms. The van der Waals surface area contributed by atoms with Gasteiger partial charge < -0.3 is 4.90 Å². The second kappa shape index (κ2) is 6.24. The lowest BCUT2D eigenvalue weighted by molar-refractivity contribution is -0.130. The van der Waals surface area contributed by atoms with Crippen LogP contribution in [0.25, 0.3) is 0 Å². The molecule has 1 saturated heterocycles. The first-order chi connectivity index (χ1) is 7.56. The largest absolute Gasteiger partial charge is 0.326 e. The fourth-order valence-electron chi connectivity index (χ4n) is 2.31. The number of carbonyl (C=O) groups excluding carboxylic acids is 1. The summed E-state index contributed by atoms with van der Waals surface area (Å²) in [6.07, 6.45) is 4.57. The SMILES string of the molecule is CCCC1NC(C)N(CCCC(C)C)C1=O. The molecule has 1 amide bonds. The Hall–Kier alpha value is -0.570. The molecule has 0 aromatic carbocycles. The summed E-state index contributed by atoms with van der Waals surface area (Å²) in [5.41, 5.74) is 0. The van der Waals surface area contributed by atoms with Crippen molar-refractivity contribution in [2.24, 2.45) is 5.92 Å². The zero-order chi connectivity index (χ0) is 12.1. The Morgan fingerprint density at radius 3 is 2.69 bits per heavy atom. The minimum Gasteiger partial charge on any atom is -0.326 e. The molecule has 1 aliphatic rings. The predicted octanol–water partition coefficient (Wildman–Crippen LogP) is 2.37. The Bertz CT molecular complexity index is 228. The maximum absolute atomic E-state index is 12.0. The summed E-state index contributed by atoms with van der Waals surface area (Å²) in [5.74, 6) is 1.03. The fraction of sp³-hybridized carbons (Fsp3) is 0.923. The van der Waals surface area contributed by atoms with Gasteiger partial charge in [-0.3, -0.25) is 10.1 Å². The minimum atomic E-state index is 0.0686. The molecule has 1 N–H and O–H groups in total. The number of nitrogens with zero attached hydrogens (tertiary/aromatic N) is 1. The molecule has 2 unspecified atom stereocenters. The molecule has 3 heteroatoms. The highest BCUT2D eigenvalue weighted by Gasteiger charge is 2.34. The van der Waals surface area contributed by atoms with E-state index >= 15 is 0 Å². The van der Waals surface area contributed by atoms with Gasteiger partial charge in [-0.15, -0.1) is 0 Å². The molecule has 0 radical (unpaired) electrons. The summed E-state index contributed by atoms with van der Waals surface area (Å²) in [7, 11) is 0. The van der Waals surface area contributed by atoms with Gasteiger partial charge in [0.2, 0.25) is 5.91 Å². The molecule has 0 bridgehead atoms. The van der Waals surface area contributed by atoms with Gasteiger partial charge in [0.05, 0.1) is 12.2 Å². The molecule has 1 fully saturated rings. The van der Waals surface area contributed by atoms with E-state index in [1.807, 2.05) is 4.90 Å². The molecule has 0 aromatic rings. The van der Waals surface area contributed by atoms with Crippen molar-refractivity contribution in [2.45, 2.75) is 65.6 Å². The van der Waals surface area contributed by atoms with Gasteiger partial charge in [-0.25, -0.2) is 0 Å². The van der Waals surface area contributed by atoms with E-state index in [9.17, 15) is 4.79 Å². The van der Waals surface area contributed by atoms with E-state index in [1.165, 1.54) is 6.42 Å². The Kier molecular flexibility index (Phi) is 5.26. The van der Waals surface area contributed by atoms with Crippen LogP contribution in [0.3, 0.4) is 0 Å². The molecule has 94 valence electrons. The topological polar surface area (TPSA) is 32.3 Å². The number of carbonyl (C=O) groups is 1. The van der Waals surface area contributed by atoms with Gasteiger partial charge in [0, 0.05) is 6.54 Å². The lowest BCUT2D eigenvalue weighted by Gasteiger charge is -2.21. The van der Waals surface area contributed by atoms with Crippen LogP contribution >= 0.6 is 0 Å². The third-order valence-electron chi connectivity index (χ3n) is 3.25. The maximum Gasteiger partial charge on any atom is 0.241 e. The highest BCUT2D eigenvalue weighted by atomic mass is 16.2. The van der Waals surface area contributed by atoms with Crippen molar-refractivity contribution in [1.29, 1.82) is 0 Å². The van der Waals surface area contributed by atoms with Gasteiger partial charge in [0.15, 0.2) is 0 Å². The summed E-state index contributed by atoms with van der Waals surface area (Å²) in [6, 6.07) is 0.0686. The third-order valence-corrected chi connectivity index (χ3v) is 3.25. The summed E-state index contributed by atoms with van der Waals surface area (Å²) in [4.78, 5) is 14.0. The monoisotopic (exact) mass is 226 g/mol. The average molecular weight is 226 g/mol.